The zero-order chi connectivity index (χ0) is 61.8. The highest BCUT2D eigenvalue weighted by molar-refractivity contribution is 7.15. The number of benzene rings is 1. The zero-order valence-electron chi connectivity index (χ0n) is 46.2. The summed E-state index contributed by atoms with van der Waals surface area (Å²) >= 11 is 6.84. The van der Waals surface area contributed by atoms with Crippen molar-refractivity contribution in [1.82, 2.24) is 65.8 Å². The number of aliphatic hydroxyl groups excluding tert-OH is 1. The fourth-order valence-corrected chi connectivity index (χ4v) is 14.0. The average molecular weight is 1290 g/mol. The van der Waals surface area contributed by atoms with Gasteiger partial charge in [0.05, 0.1) is 41.2 Å². The predicted octanol–water partition coefficient (Wildman–Crippen LogP) is 7.50. The van der Waals surface area contributed by atoms with Gasteiger partial charge in [-0.25, -0.2) is 56.4 Å². The molecular weight excluding hydrogens is 1240 g/mol. The molecule has 1 aromatic carbocycles. The monoisotopic (exact) mass is 1290 g/mol. The van der Waals surface area contributed by atoms with Gasteiger partial charge in [-0.3, -0.25) is 38.8 Å². The third-order valence-corrected chi connectivity index (χ3v) is 18.7. The lowest BCUT2D eigenvalue weighted by Crippen LogP contribution is -2.46. The number of fused-ring (bicyclic) bond motifs is 14. The fourth-order valence-electron chi connectivity index (χ4n) is 8.56. The molecule has 1 aliphatic rings. The quantitative estimate of drug-likeness (QED) is 0.0285. The summed E-state index contributed by atoms with van der Waals surface area (Å²) in [5.74, 6) is 6.57. The van der Waals surface area contributed by atoms with Gasteiger partial charge in [0, 0.05) is 52.3 Å². The summed E-state index contributed by atoms with van der Waals surface area (Å²) in [6.07, 6.45) is -0.602. The lowest BCUT2D eigenvalue weighted by Gasteiger charge is -2.24. The second kappa shape index (κ2) is 26.5. The van der Waals surface area contributed by atoms with Gasteiger partial charge in [0.1, 0.15) is 88.6 Å². The molecule has 0 radical (unpaired) electrons. The lowest BCUT2D eigenvalue weighted by molar-refractivity contribution is -0.130. The predicted molar refractivity (Wildman–Crippen MR) is 323 cm³/mol. The van der Waals surface area contributed by atoms with Gasteiger partial charge in [-0.1, -0.05) is 44.2 Å². The summed E-state index contributed by atoms with van der Waals surface area (Å²) in [6.45, 7) is 4.62. The van der Waals surface area contributed by atoms with Crippen LogP contribution in [0.5, 0.6) is 0 Å². The second-order valence-corrected chi connectivity index (χ2v) is 25.3. The second-order valence-electron chi connectivity index (χ2n) is 19.5. The Morgan fingerprint density at radius 1 is 0.759 bits per heavy atom. The van der Waals surface area contributed by atoms with Gasteiger partial charge in [-0.15, -0.1) is 78.2 Å². The maximum absolute atomic E-state index is 14.4. The number of aromatic carboxylic acids is 1. The van der Waals surface area contributed by atoms with Crippen LogP contribution in [0.25, 0.3) is 43.4 Å². The van der Waals surface area contributed by atoms with Crippen LogP contribution in [0.4, 0.5) is 5.82 Å². The Morgan fingerprint density at radius 2 is 1.47 bits per heavy atom. The molecule has 10 rings (SSSR count). The minimum atomic E-state index is -1.34. The first-order valence-corrected chi connectivity index (χ1v) is 31.1. The molecule has 0 unspecified atom stereocenters. The van der Waals surface area contributed by atoms with Crippen LogP contribution in [0.3, 0.4) is 0 Å². The molecule has 0 spiro atoms. The van der Waals surface area contributed by atoms with Crippen molar-refractivity contribution in [2.24, 2.45) is 27.8 Å². The van der Waals surface area contributed by atoms with E-state index < -0.39 is 72.2 Å². The molecule has 0 saturated carbocycles. The topological polar surface area (TPSA) is 392 Å². The number of carbonyl (C=O) groups excluding carboxylic acids is 6. The van der Waals surface area contributed by atoms with Crippen LogP contribution >= 0.6 is 68.0 Å². The average Bonchev–Trinajstić information content (AvgIpc) is 3.49. The lowest BCUT2D eigenvalue weighted by atomic mass is 10.0. The number of rotatable bonds is 11. The van der Waals surface area contributed by atoms with E-state index in [0.29, 0.717) is 68.7 Å². The number of aliphatic hydroxyl groups is 1. The van der Waals surface area contributed by atoms with Crippen molar-refractivity contribution in [2.75, 3.05) is 20.7 Å². The molecule has 0 saturated heterocycles. The number of azo groups is 1. The number of amides is 6. The summed E-state index contributed by atoms with van der Waals surface area (Å²) in [5, 5.41) is 47.7. The molecule has 9 N–H and O–H groups in total. The number of pyridine rings is 2. The Morgan fingerprint density at radius 3 is 2.20 bits per heavy atom. The van der Waals surface area contributed by atoms with Crippen LogP contribution in [-0.4, -0.2) is 122 Å². The van der Waals surface area contributed by atoms with Crippen LogP contribution in [0.15, 0.2) is 92.5 Å². The maximum atomic E-state index is 14.4. The molecule has 27 nitrogen and oxygen atoms in total. The Labute approximate surface area is 517 Å². The van der Waals surface area contributed by atoms with Crippen LogP contribution in [0.2, 0.25) is 0 Å². The van der Waals surface area contributed by atoms with Gasteiger partial charge in [0.15, 0.2) is 5.82 Å². The van der Waals surface area contributed by atoms with Gasteiger partial charge < -0.3 is 30.9 Å². The highest BCUT2D eigenvalue weighted by Gasteiger charge is 2.34. The normalized spacial score (nSPS) is 16.3. The largest absolute Gasteiger partial charge is 0.477 e. The van der Waals surface area contributed by atoms with Gasteiger partial charge in [-0.05, 0) is 42.7 Å². The summed E-state index contributed by atoms with van der Waals surface area (Å²) in [6, 6.07) is 11.4. The Hall–Kier alpha value is -8.77. The molecule has 8 aromatic heterocycles. The molecule has 1 aliphatic heterocycles. The molecule has 9 aromatic rings. The third-order valence-electron chi connectivity index (χ3n) is 13.0. The standard InChI is InChI=1S/C54H49N17O10S6/c1-23(2)38-52-67-41(34(87-52)18-81-5)53(78)71(56)17-36(72)64-42(43(74)25-9-7-6-8-10-25)51-62-33(21-84-51)49-60-31(19-83-49)40-27(12-14-28(58-40)48-63-35(22-85-48)68-69-44(75)26-11-13-29(54(79)80)57-16-26)47-61-32(20-82-47)45(76)59-30(15-37(73)70(4)55)50-66-39(24(3)86-50)46(77)65-38/h6-14,16,19-23,30,38,42-43,74H,15,17-18,55-56H2,1-5H3,(H,59,76)(H,64,72)(H,65,77)(H,79,80)/t30-,38-,42-,43-/m0/s1. The molecule has 9 heterocycles. The summed E-state index contributed by atoms with van der Waals surface area (Å²) in [4.78, 5) is 132. The maximum Gasteiger partial charge on any atom is 0.354 e. The van der Waals surface area contributed by atoms with Crippen molar-refractivity contribution in [1.29, 1.82) is 0 Å². The number of aryl methyl sites for hydroxylation is 1. The number of carboxylic acid groups (broad SMARTS) is 1. The van der Waals surface area contributed by atoms with Crippen LogP contribution in [-0.2, 0) is 20.9 Å². The molecule has 10 bridgehead atoms. The summed E-state index contributed by atoms with van der Waals surface area (Å²) in [5.41, 5.74) is 1.90. The molecule has 87 heavy (non-hydrogen) atoms. The number of nitrogens with zero attached hydrogens (tertiary/aromatic N) is 12. The molecule has 4 atom stereocenters. The number of ether oxygens (including phenoxy) is 1. The van der Waals surface area contributed by atoms with Crippen molar-refractivity contribution >= 4 is 115 Å². The van der Waals surface area contributed by atoms with E-state index in [-0.39, 0.29) is 63.1 Å². The number of aromatic nitrogens is 8. The number of carboxylic acids is 1. The molecule has 33 heteroatoms. The van der Waals surface area contributed by atoms with Crippen molar-refractivity contribution < 1.29 is 48.5 Å². The molecule has 6 amide bonds. The fraction of sp³-hybridized carbons (Fsp3) is 0.241. The third kappa shape index (κ3) is 13.8. The van der Waals surface area contributed by atoms with Gasteiger partial charge >= 0.3 is 5.97 Å². The Bertz CT molecular complexity index is 4120. The van der Waals surface area contributed by atoms with Crippen molar-refractivity contribution in [3.63, 3.8) is 0 Å². The SMILES string of the molecule is COCc1sc2nc1C(=O)N(N)CC(=O)N[C@@H]([C@@H](O)c1ccccc1)c1nc(cs1)-c1nc(cs1)-c1nc(-c3nc(N=NC(=O)c4ccc(C(=O)O)nc4)cs3)ccc1-c1nc(cs1)C(=O)N[C@@H](CC(=O)N(C)N)c1nc(c(C)s1)C(=O)N[C@H]2C(C)C. The Balaban J connectivity index is 1.05. The van der Waals surface area contributed by atoms with Crippen molar-refractivity contribution in [3.05, 3.63) is 141 Å². The number of hydrazine groups is 2. The van der Waals surface area contributed by atoms with E-state index in [9.17, 15) is 43.8 Å². The first-order chi connectivity index (χ1) is 41.7. The highest BCUT2D eigenvalue weighted by atomic mass is 32.1. The van der Waals surface area contributed by atoms with Crippen LogP contribution < -0.4 is 27.6 Å². The van der Waals surface area contributed by atoms with Crippen LogP contribution in [0.1, 0.15) is 127 Å². The van der Waals surface area contributed by atoms with Crippen molar-refractivity contribution in [3.8, 4) is 43.4 Å². The minimum absolute atomic E-state index is 0.00368. The van der Waals surface area contributed by atoms with Crippen LogP contribution in [0, 0.1) is 12.8 Å². The molecule has 0 aliphatic carbocycles. The number of thiazole rings is 6. The number of methoxy groups -OCH3 is 1. The smallest absolute Gasteiger partial charge is 0.354 e. The number of hydrogen-bond acceptors (Lipinski definition) is 26. The molecule has 446 valence electrons. The zero-order valence-corrected chi connectivity index (χ0v) is 51.1. The van der Waals surface area contributed by atoms with E-state index in [2.05, 4.69) is 46.1 Å². The van der Waals surface area contributed by atoms with E-state index in [4.69, 9.17) is 36.4 Å². The number of carbonyl (C=O) groups is 7. The first kappa shape index (κ1) is 61.3. The van der Waals surface area contributed by atoms with E-state index in [1.807, 2.05) is 13.8 Å². The minimum Gasteiger partial charge on any atom is -0.477 e. The molecular formula is C54H49N17O10S6. The Kier molecular flexibility index (Phi) is 18.7. The number of nitrogens with two attached hydrogens (primary N) is 2. The number of nitrogens with one attached hydrogen (secondary N) is 3. The first-order valence-electron chi connectivity index (χ1n) is 25.9. The van der Waals surface area contributed by atoms with E-state index in [1.165, 1.54) is 43.0 Å². The van der Waals surface area contributed by atoms with Crippen molar-refractivity contribution in [2.45, 2.75) is 58.0 Å². The van der Waals surface area contributed by atoms with E-state index >= 15 is 0 Å². The van der Waals surface area contributed by atoms with Gasteiger partial charge in [-0.2, -0.15) is 0 Å². The van der Waals surface area contributed by atoms with Gasteiger partial charge in [0.2, 0.25) is 11.8 Å². The van der Waals surface area contributed by atoms with Gasteiger partial charge in [0.25, 0.3) is 23.6 Å². The van der Waals surface area contributed by atoms with E-state index in [0.717, 1.165) is 67.9 Å². The summed E-state index contributed by atoms with van der Waals surface area (Å²) < 4.78 is 5.45. The number of hydrogen-bond donors (Lipinski definition) is 7. The summed E-state index contributed by atoms with van der Waals surface area (Å²) in [7, 11) is 2.79. The molecule has 0 fully saturated rings. The highest BCUT2D eigenvalue weighted by Crippen LogP contribution is 2.40. The van der Waals surface area contributed by atoms with E-state index in [1.54, 1.807) is 65.5 Å².